The number of fused-ring (bicyclic) bond motifs is 1. The van der Waals surface area contributed by atoms with Gasteiger partial charge in [-0.1, -0.05) is 26.7 Å². The molecule has 1 atom stereocenters. The molecule has 2 rings (SSSR count). The molecule has 0 spiro atoms. The lowest BCUT2D eigenvalue weighted by atomic mass is 10.2. The fraction of sp³-hybridized carbons (Fsp3) is 0.333. The van der Waals surface area contributed by atoms with Crippen LogP contribution in [-0.2, 0) is 4.57 Å². The van der Waals surface area contributed by atoms with Crippen LogP contribution in [0.1, 0.15) is 26.7 Å². The van der Waals surface area contributed by atoms with Crippen LogP contribution in [-0.4, -0.2) is 4.89 Å². The zero-order valence-corrected chi connectivity index (χ0v) is 10.8. The highest BCUT2D eigenvalue weighted by molar-refractivity contribution is 7.32. The van der Waals surface area contributed by atoms with Gasteiger partial charge in [-0.3, -0.25) is 0 Å². The van der Waals surface area contributed by atoms with E-state index in [0.29, 0.717) is 11.3 Å². The highest BCUT2D eigenvalue weighted by Crippen LogP contribution is 2.27. The fourth-order valence-corrected chi connectivity index (χ4v) is 1.38. The van der Waals surface area contributed by atoms with Gasteiger partial charge in [-0.25, -0.2) is 4.52 Å². The van der Waals surface area contributed by atoms with Crippen molar-refractivity contribution in [2.45, 2.75) is 26.7 Å². The van der Waals surface area contributed by atoms with E-state index in [1.165, 1.54) is 12.8 Å². The number of rotatable bonds is 3. The van der Waals surface area contributed by atoms with Crippen molar-refractivity contribution in [2.24, 2.45) is 0 Å². The Kier molecular flexibility index (Phi) is 5.67. The second kappa shape index (κ2) is 7.05. The molecule has 1 aromatic carbocycles. The zero-order valence-electron chi connectivity index (χ0n) is 9.92. The third kappa shape index (κ3) is 4.55. The molecular weight excluding hydrogens is 239 g/mol. The second-order valence-electron chi connectivity index (χ2n) is 3.45. The van der Waals surface area contributed by atoms with Crippen molar-refractivity contribution < 1.29 is 18.4 Å². The molecule has 0 amide bonds. The zero-order chi connectivity index (χ0) is 12.7. The first-order valence-electron chi connectivity index (χ1n) is 5.48. The van der Waals surface area contributed by atoms with Crippen LogP contribution in [0.2, 0.25) is 0 Å². The van der Waals surface area contributed by atoms with E-state index in [2.05, 4.69) is 18.4 Å². The Labute approximate surface area is 101 Å². The normalized spacial score (nSPS) is 10.6. The number of unbranched alkanes of at least 4 members (excludes halogenated alkanes) is 1. The highest BCUT2D eigenvalue weighted by atomic mass is 31.1. The van der Waals surface area contributed by atoms with Crippen molar-refractivity contribution in [2.75, 3.05) is 0 Å². The first-order valence-corrected chi connectivity index (χ1v) is 6.61. The predicted octanol–water partition coefficient (Wildman–Crippen LogP) is 4.27. The van der Waals surface area contributed by atoms with E-state index in [1.807, 2.05) is 0 Å². The van der Waals surface area contributed by atoms with Crippen LogP contribution in [0, 0.1) is 0 Å². The van der Waals surface area contributed by atoms with Crippen LogP contribution in [0.3, 0.4) is 0 Å². The summed E-state index contributed by atoms with van der Waals surface area (Å²) in [6.07, 6.45) is 4.19. The van der Waals surface area contributed by atoms with Crippen molar-refractivity contribution in [1.82, 2.24) is 0 Å². The molecule has 0 aliphatic carbocycles. The highest BCUT2D eigenvalue weighted by Gasteiger charge is 2.14. The summed E-state index contributed by atoms with van der Waals surface area (Å²) in [5.41, 5.74) is 0.634. The Morgan fingerprint density at radius 3 is 2.59 bits per heavy atom. The second-order valence-corrected chi connectivity index (χ2v) is 4.11. The van der Waals surface area contributed by atoms with Gasteiger partial charge in [0.2, 0.25) is 0 Å². The summed E-state index contributed by atoms with van der Waals surface area (Å²) in [5, 5.41) is 0.931. The lowest BCUT2D eigenvalue weighted by molar-refractivity contribution is 0.410. The molecule has 0 fully saturated rings. The molecular formula is C12H16O4P+. The summed E-state index contributed by atoms with van der Waals surface area (Å²) in [6.45, 7) is 4.36. The van der Waals surface area contributed by atoms with Gasteiger partial charge in [-0.2, -0.15) is 0 Å². The summed E-state index contributed by atoms with van der Waals surface area (Å²) in [5.74, 6) is 0.325. The average Bonchev–Trinajstić information content (AvgIpc) is 2.76. The molecule has 0 saturated heterocycles. The van der Waals surface area contributed by atoms with Gasteiger partial charge in [0.25, 0.3) is 0 Å². The van der Waals surface area contributed by atoms with E-state index in [4.69, 9.17) is 9.31 Å². The molecule has 1 unspecified atom stereocenters. The molecule has 0 aliphatic rings. The smallest absolute Gasteiger partial charge is 0.464 e. The van der Waals surface area contributed by atoms with E-state index in [9.17, 15) is 4.57 Å². The molecule has 2 aromatic rings. The maximum Gasteiger partial charge on any atom is 0.747 e. The van der Waals surface area contributed by atoms with E-state index < -0.39 is 8.25 Å². The third-order valence-corrected chi connectivity index (χ3v) is 2.48. The minimum absolute atomic E-state index is 0.325. The van der Waals surface area contributed by atoms with Gasteiger partial charge >= 0.3 is 8.25 Å². The van der Waals surface area contributed by atoms with Crippen LogP contribution >= 0.6 is 8.25 Å². The van der Waals surface area contributed by atoms with E-state index in [1.54, 1.807) is 30.5 Å². The monoisotopic (exact) mass is 255 g/mol. The van der Waals surface area contributed by atoms with Gasteiger partial charge in [0.1, 0.15) is 5.58 Å². The van der Waals surface area contributed by atoms with Crippen molar-refractivity contribution in [3.8, 4) is 5.75 Å². The van der Waals surface area contributed by atoms with Crippen LogP contribution in [0.4, 0.5) is 0 Å². The molecule has 92 valence electrons. The van der Waals surface area contributed by atoms with E-state index >= 15 is 0 Å². The maximum absolute atomic E-state index is 10.3. The first-order chi connectivity index (χ1) is 8.17. The van der Waals surface area contributed by atoms with Crippen LogP contribution < -0.4 is 4.52 Å². The molecule has 1 N–H and O–H groups in total. The Morgan fingerprint density at radius 1 is 1.29 bits per heavy atom. The summed E-state index contributed by atoms with van der Waals surface area (Å²) < 4.78 is 20.0. The fourth-order valence-electron chi connectivity index (χ4n) is 1.08. The average molecular weight is 255 g/mol. The van der Waals surface area contributed by atoms with Crippen molar-refractivity contribution in [3.63, 3.8) is 0 Å². The lowest BCUT2D eigenvalue weighted by Crippen LogP contribution is -1.78. The van der Waals surface area contributed by atoms with Crippen molar-refractivity contribution in [3.05, 3.63) is 30.5 Å². The maximum atomic E-state index is 10.3. The van der Waals surface area contributed by atoms with Crippen LogP contribution in [0.25, 0.3) is 11.0 Å². The minimum atomic E-state index is -2.61. The van der Waals surface area contributed by atoms with Crippen molar-refractivity contribution >= 4 is 19.2 Å². The first kappa shape index (κ1) is 13.7. The SMILES string of the molecule is CCCC.O=[P+](O)Oc1ccc2ccoc2c1. The largest absolute Gasteiger partial charge is 0.747 e. The third-order valence-electron chi connectivity index (χ3n) is 2.11. The van der Waals surface area contributed by atoms with Gasteiger partial charge in [-0.05, 0) is 18.2 Å². The standard InChI is InChI=1S/C8H5O4P.C4H10/c9-13(10)12-7-2-1-6-3-4-11-8(6)5-7;1-3-4-2/h1-5H;3-4H2,1-2H3/p+1. The molecule has 0 radical (unpaired) electrons. The number of hydrogen-bond acceptors (Lipinski definition) is 3. The predicted molar refractivity (Wildman–Crippen MR) is 67.2 cm³/mol. The van der Waals surface area contributed by atoms with Gasteiger partial charge < -0.3 is 4.42 Å². The molecule has 1 aromatic heterocycles. The molecule has 0 aliphatic heterocycles. The lowest BCUT2D eigenvalue weighted by Gasteiger charge is -1.90. The summed E-state index contributed by atoms with van der Waals surface area (Å²) in [6, 6.07) is 6.74. The molecule has 17 heavy (non-hydrogen) atoms. The Hall–Kier alpha value is -1.38. The van der Waals surface area contributed by atoms with Gasteiger partial charge in [-0.15, -0.1) is 4.89 Å². The molecule has 1 heterocycles. The van der Waals surface area contributed by atoms with E-state index in [-0.39, 0.29) is 0 Å². The molecule has 5 heteroatoms. The Morgan fingerprint density at radius 2 is 2.00 bits per heavy atom. The van der Waals surface area contributed by atoms with Crippen LogP contribution in [0.5, 0.6) is 5.75 Å². The number of furan rings is 1. The molecule has 4 nitrogen and oxygen atoms in total. The van der Waals surface area contributed by atoms with Gasteiger partial charge in [0.05, 0.1) is 6.26 Å². The quantitative estimate of drug-likeness (QED) is 0.832. The Balaban J connectivity index is 0.000000317. The topological polar surface area (TPSA) is 59.7 Å². The number of hydrogen-bond donors (Lipinski definition) is 1. The van der Waals surface area contributed by atoms with Gasteiger partial charge in [0, 0.05) is 16.0 Å². The summed E-state index contributed by atoms with van der Waals surface area (Å²) in [7, 11) is -2.61. The van der Waals surface area contributed by atoms with Gasteiger partial charge in [0.15, 0.2) is 5.75 Å². The Bertz CT molecular complexity index is 476. The van der Waals surface area contributed by atoms with E-state index in [0.717, 1.165) is 5.39 Å². The number of benzene rings is 1. The van der Waals surface area contributed by atoms with Crippen molar-refractivity contribution in [1.29, 1.82) is 0 Å². The summed E-state index contributed by atoms with van der Waals surface area (Å²) in [4.78, 5) is 8.48. The minimum Gasteiger partial charge on any atom is -0.464 e. The summed E-state index contributed by atoms with van der Waals surface area (Å²) >= 11 is 0. The molecule has 0 saturated carbocycles. The molecule has 0 bridgehead atoms. The van der Waals surface area contributed by atoms with Crippen LogP contribution in [0.15, 0.2) is 34.9 Å².